The molecule has 1 aliphatic heterocycles. The van der Waals surface area contributed by atoms with Crippen LogP contribution in [0.3, 0.4) is 0 Å². The second-order valence-corrected chi connectivity index (χ2v) is 6.09. The number of nitrogens with zero attached hydrogens (tertiary/aromatic N) is 3. The maximum Gasteiger partial charge on any atom is 0.328 e. The van der Waals surface area contributed by atoms with Crippen LogP contribution in [0.5, 0.6) is 0 Å². The van der Waals surface area contributed by atoms with Gasteiger partial charge < -0.3 is 9.80 Å². The van der Waals surface area contributed by atoms with Crippen LogP contribution in [0.4, 0.5) is 4.79 Å². The third-order valence-corrected chi connectivity index (χ3v) is 4.33. The number of hydrogen-bond acceptors (Lipinski definition) is 3. The highest BCUT2D eigenvalue weighted by Crippen LogP contribution is 2.29. The van der Waals surface area contributed by atoms with Crippen molar-refractivity contribution < 1.29 is 14.4 Å². The van der Waals surface area contributed by atoms with Crippen LogP contribution >= 0.6 is 0 Å². The molecule has 130 valence electrons. The number of rotatable bonds is 6. The van der Waals surface area contributed by atoms with Crippen LogP contribution in [0.2, 0.25) is 0 Å². The summed E-state index contributed by atoms with van der Waals surface area (Å²) in [4.78, 5) is 42.5. The van der Waals surface area contributed by atoms with Gasteiger partial charge in [-0.05, 0) is 33.3 Å². The van der Waals surface area contributed by atoms with E-state index < -0.39 is 12.1 Å². The van der Waals surface area contributed by atoms with Crippen molar-refractivity contribution >= 4 is 17.8 Å². The lowest BCUT2D eigenvalue weighted by atomic mass is 10.0. The van der Waals surface area contributed by atoms with Crippen molar-refractivity contribution in [1.29, 1.82) is 0 Å². The van der Waals surface area contributed by atoms with Crippen molar-refractivity contribution in [3.05, 3.63) is 35.9 Å². The SMILES string of the molecule is CCN(CC)C(=O)[C@@H](c1ccccc1)N1C(=O)CN(C(C)C)C1=O. The first-order chi connectivity index (χ1) is 11.4. The van der Waals surface area contributed by atoms with Gasteiger partial charge in [-0.25, -0.2) is 9.69 Å². The van der Waals surface area contributed by atoms with E-state index in [9.17, 15) is 14.4 Å². The van der Waals surface area contributed by atoms with E-state index in [0.717, 1.165) is 4.90 Å². The highest BCUT2D eigenvalue weighted by atomic mass is 16.2. The molecule has 4 amide bonds. The third kappa shape index (κ3) is 3.27. The number of imide groups is 1. The molecule has 24 heavy (non-hydrogen) atoms. The molecule has 0 N–H and O–H groups in total. The minimum Gasteiger partial charge on any atom is -0.341 e. The molecular formula is C18H25N3O3. The monoisotopic (exact) mass is 331 g/mol. The topological polar surface area (TPSA) is 60.9 Å². The summed E-state index contributed by atoms with van der Waals surface area (Å²) >= 11 is 0. The number of carbonyl (C=O) groups excluding carboxylic acids is 3. The van der Waals surface area contributed by atoms with E-state index in [4.69, 9.17) is 0 Å². The van der Waals surface area contributed by atoms with E-state index in [2.05, 4.69) is 0 Å². The number of amides is 4. The van der Waals surface area contributed by atoms with Crippen molar-refractivity contribution in [2.24, 2.45) is 0 Å². The number of benzene rings is 1. The number of carbonyl (C=O) groups is 3. The largest absolute Gasteiger partial charge is 0.341 e. The second kappa shape index (κ2) is 7.47. The van der Waals surface area contributed by atoms with Crippen LogP contribution < -0.4 is 0 Å². The smallest absolute Gasteiger partial charge is 0.328 e. The van der Waals surface area contributed by atoms with E-state index in [1.54, 1.807) is 17.0 Å². The predicted molar refractivity (Wildman–Crippen MR) is 91.2 cm³/mol. The lowest BCUT2D eigenvalue weighted by molar-refractivity contribution is -0.141. The molecule has 1 atom stereocenters. The molecule has 1 heterocycles. The van der Waals surface area contributed by atoms with Crippen LogP contribution in [0.15, 0.2) is 30.3 Å². The zero-order valence-corrected chi connectivity index (χ0v) is 14.7. The second-order valence-electron chi connectivity index (χ2n) is 6.09. The summed E-state index contributed by atoms with van der Waals surface area (Å²) in [6.07, 6.45) is 0. The Kier molecular flexibility index (Phi) is 5.59. The van der Waals surface area contributed by atoms with Gasteiger partial charge in [0.1, 0.15) is 12.6 Å². The molecular weight excluding hydrogens is 306 g/mol. The molecule has 0 bridgehead atoms. The Bertz CT molecular complexity index is 611. The van der Waals surface area contributed by atoms with Gasteiger partial charge in [-0.2, -0.15) is 0 Å². The first-order valence-corrected chi connectivity index (χ1v) is 8.38. The molecule has 0 unspecified atom stereocenters. The van der Waals surface area contributed by atoms with Crippen LogP contribution in [0, 0.1) is 0 Å². The molecule has 0 radical (unpaired) electrons. The average Bonchev–Trinajstić information content (AvgIpc) is 2.86. The Balaban J connectivity index is 2.45. The fourth-order valence-corrected chi connectivity index (χ4v) is 2.94. The van der Waals surface area contributed by atoms with Crippen molar-refractivity contribution in [2.45, 2.75) is 39.8 Å². The van der Waals surface area contributed by atoms with Gasteiger partial charge in [-0.15, -0.1) is 0 Å². The zero-order chi connectivity index (χ0) is 17.9. The normalized spacial score (nSPS) is 16.0. The Morgan fingerprint density at radius 2 is 1.71 bits per heavy atom. The predicted octanol–water partition coefficient (Wildman–Crippen LogP) is 2.27. The Labute approximate surface area is 143 Å². The number of likely N-dealkylation sites (N-methyl/N-ethyl adjacent to an activating group) is 1. The summed E-state index contributed by atoms with van der Waals surface area (Å²) in [5.74, 6) is -0.554. The molecule has 1 aromatic rings. The van der Waals surface area contributed by atoms with E-state index in [-0.39, 0.29) is 24.4 Å². The summed E-state index contributed by atoms with van der Waals surface area (Å²) in [5.41, 5.74) is 0.654. The minimum atomic E-state index is -0.908. The van der Waals surface area contributed by atoms with E-state index in [1.165, 1.54) is 4.90 Å². The van der Waals surface area contributed by atoms with Crippen LogP contribution in [0.1, 0.15) is 39.3 Å². The number of hydrogen-bond donors (Lipinski definition) is 0. The molecule has 1 aliphatic rings. The summed E-state index contributed by atoms with van der Waals surface area (Å²) in [5, 5.41) is 0. The molecule has 0 aliphatic carbocycles. The van der Waals surface area contributed by atoms with Gasteiger partial charge >= 0.3 is 6.03 Å². The fourth-order valence-electron chi connectivity index (χ4n) is 2.94. The Morgan fingerprint density at radius 1 is 1.12 bits per heavy atom. The van der Waals surface area contributed by atoms with E-state index in [0.29, 0.717) is 18.7 Å². The maximum absolute atomic E-state index is 13.0. The van der Waals surface area contributed by atoms with Gasteiger partial charge in [0, 0.05) is 19.1 Å². The minimum absolute atomic E-state index is 0.0192. The van der Waals surface area contributed by atoms with Crippen molar-refractivity contribution in [3.63, 3.8) is 0 Å². The van der Waals surface area contributed by atoms with Crippen LogP contribution in [-0.4, -0.2) is 58.2 Å². The summed E-state index contributed by atoms with van der Waals surface area (Å²) in [6, 6.07) is 7.63. The van der Waals surface area contributed by atoms with Gasteiger partial charge in [0.2, 0.25) is 0 Å². The van der Waals surface area contributed by atoms with Gasteiger partial charge in [0.15, 0.2) is 0 Å². The molecule has 0 aromatic heterocycles. The third-order valence-electron chi connectivity index (χ3n) is 4.33. The highest BCUT2D eigenvalue weighted by molar-refractivity contribution is 6.06. The van der Waals surface area contributed by atoms with Crippen LogP contribution in [-0.2, 0) is 9.59 Å². The fraction of sp³-hybridized carbons (Fsp3) is 0.500. The van der Waals surface area contributed by atoms with Gasteiger partial charge in [0.25, 0.3) is 11.8 Å². The Morgan fingerprint density at radius 3 is 2.17 bits per heavy atom. The van der Waals surface area contributed by atoms with E-state index in [1.807, 2.05) is 45.9 Å². The average molecular weight is 331 g/mol. The van der Waals surface area contributed by atoms with E-state index >= 15 is 0 Å². The first kappa shape index (κ1) is 18.0. The van der Waals surface area contributed by atoms with Crippen molar-refractivity contribution in [2.75, 3.05) is 19.6 Å². The quantitative estimate of drug-likeness (QED) is 0.751. The highest BCUT2D eigenvalue weighted by Gasteiger charge is 2.45. The van der Waals surface area contributed by atoms with Gasteiger partial charge in [-0.1, -0.05) is 30.3 Å². The molecule has 6 nitrogen and oxygen atoms in total. The first-order valence-electron chi connectivity index (χ1n) is 8.38. The van der Waals surface area contributed by atoms with Crippen LogP contribution in [0.25, 0.3) is 0 Å². The summed E-state index contributed by atoms with van der Waals surface area (Å²) in [6.45, 7) is 8.57. The van der Waals surface area contributed by atoms with Crippen molar-refractivity contribution in [1.82, 2.24) is 14.7 Å². The Hall–Kier alpha value is -2.37. The molecule has 0 spiro atoms. The molecule has 1 saturated heterocycles. The summed E-state index contributed by atoms with van der Waals surface area (Å²) in [7, 11) is 0. The molecule has 0 saturated carbocycles. The molecule has 6 heteroatoms. The number of urea groups is 1. The standard InChI is InChI=1S/C18H25N3O3/c1-5-19(6-2)17(23)16(14-10-8-7-9-11-14)21-15(22)12-20(13(3)4)18(21)24/h7-11,13,16H,5-6,12H2,1-4H3/t16-/m1/s1. The van der Waals surface area contributed by atoms with Gasteiger partial charge in [-0.3, -0.25) is 9.59 Å². The summed E-state index contributed by atoms with van der Waals surface area (Å²) < 4.78 is 0. The maximum atomic E-state index is 13.0. The molecule has 1 fully saturated rings. The lowest BCUT2D eigenvalue weighted by Crippen LogP contribution is -2.46. The molecule has 1 aromatic carbocycles. The zero-order valence-electron chi connectivity index (χ0n) is 14.7. The van der Waals surface area contributed by atoms with Gasteiger partial charge in [0.05, 0.1) is 0 Å². The molecule has 2 rings (SSSR count). The lowest BCUT2D eigenvalue weighted by Gasteiger charge is -2.31. The van der Waals surface area contributed by atoms with Crippen molar-refractivity contribution in [3.8, 4) is 0 Å².